The van der Waals surface area contributed by atoms with Gasteiger partial charge in [0.05, 0.1) is 6.04 Å². The maximum absolute atomic E-state index is 12.1. The van der Waals surface area contributed by atoms with Crippen LogP contribution in [-0.2, 0) is 20.7 Å². The average molecular weight is 277 g/mol. The van der Waals surface area contributed by atoms with Gasteiger partial charge in [-0.25, -0.2) is 9.69 Å². The van der Waals surface area contributed by atoms with E-state index in [1.54, 1.807) is 7.11 Å². The summed E-state index contributed by atoms with van der Waals surface area (Å²) in [5.74, 6) is -0.189. The van der Waals surface area contributed by atoms with E-state index in [1.165, 1.54) is 4.90 Å². The van der Waals surface area contributed by atoms with Crippen molar-refractivity contribution in [3.8, 4) is 0 Å². The van der Waals surface area contributed by atoms with Gasteiger partial charge in [-0.1, -0.05) is 30.3 Å². The molecule has 1 atom stereocenters. The van der Waals surface area contributed by atoms with E-state index in [-0.39, 0.29) is 18.6 Å². The van der Waals surface area contributed by atoms with Crippen molar-refractivity contribution in [1.82, 2.24) is 4.90 Å². The number of imide groups is 1. The number of amides is 2. The van der Waals surface area contributed by atoms with Crippen LogP contribution in [0.3, 0.4) is 0 Å². The molecule has 0 bridgehead atoms. The van der Waals surface area contributed by atoms with Gasteiger partial charge in [-0.3, -0.25) is 4.79 Å². The van der Waals surface area contributed by atoms with Gasteiger partial charge in [-0.2, -0.15) is 0 Å². The van der Waals surface area contributed by atoms with Gasteiger partial charge in [0.2, 0.25) is 5.91 Å². The fraction of sp³-hybridized carbons (Fsp3) is 0.467. The smallest absolute Gasteiger partial charge is 0.416 e. The van der Waals surface area contributed by atoms with Crippen molar-refractivity contribution < 1.29 is 19.1 Å². The number of rotatable bonds is 6. The van der Waals surface area contributed by atoms with Crippen molar-refractivity contribution in [3.63, 3.8) is 0 Å². The average Bonchev–Trinajstić information content (AvgIpc) is 2.81. The van der Waals surface area contributed by atoms with Gasteiger partial charge in [-0.15, -0.1) is 0 Å². The van der Waals surface area contributed by atoms with Crippen molar-refractivity contribution >= 4 is 12.0 Å². The lowest BCUT2D eigenvalue weighted by Crippen LogP contribution is -2.40. The molecule has 1 aliphatic heterocycles. The summed E-state index contributed by atoms with van der Waals surface area (Å²) < 4.78 is 9.93. The van der Waals surface area contributed by atoms with E-state index in [4.69, 9.17) is 9.47 Å². The first-order chi connectivity index (χ1) is 9.72. The number of cyclic esters (lactones) is 1. The minimum atomic E-state index is -0.534. The summed E-state index contributed by atoms with van der Waals surface area (Å²) in [6.45, 7) is 0.779. The van der Waals surface area contributed by atoms with E-state index in [9.17, 15) is 9.59 Å². The number of carbonyl (C=O) groups is 2. The van der Waals surface area contributed by atoms with Crippen LogP contribution in [0, 0.1) is 0 Å². The van der Waals surface area contributed by atoms with Gasteiger partial charge < -0.3 is 9.47 Å². The molecule has 1 fully saturated rings. The molecule has 1 aliphatic rings. The lowest BCUT2D eigenvalue weighted by molar-refractivity contribution is -0.129. The second kappa shape index (κ2) is 7.05. The van der Waals surface area contributed by atoms with E-state index in [0.29, 0.717) is 25.9 Å². The molecule has 1 aromatic carbocycles. The van der Waals surface area contributed by atoms with Gasteiger partial charge >= 0.3 is 6.09 Å². The first-order valence-electron chi connectivity index (χ1n) is 6.74. The zero-order valence-corrected chi connectivity index (χ0v) is 11.6. The van der Waals surface area contributed by atoms with Crippen LogP contribution < -0.4 is 0 Å². The highest BCUT2D eigenvalue weighted by molar-refractivity contribution is 5.93. The van der Waals surface area contributed by atoms with Crippen molar-refractivity contribution in [2.24, 2.45) is 0 Å². The van der Waals surface area contributed by atoms with E-state index >= 15 is 0 Å². The molecule has 1 unspecified atom stereocenters. The number of nitrogens with zero attached hydrogens (tertiary/aromatic N) is 1. The lowest BCUT2D eigenvalue weighted by atomic mass is 10.1. The summed E-state index contributed by atoms with van der Waals surface area (Å²) in [4.78, 5) is 25.1. The molecule has 0 saturated carbocycles. The molecule has 5 heteroatoms. The van der Waals surface area contributed by atoms with Crippen LogP contribution in [0.4, 0.5) is 4.79 Å². The summed E-state index contributed by atoms with van der Waals surface area (Å²) >= 11 is 0. The largest absolute Gasteiger partial charge is 0.447 e. The summed E-state index contributed by atoms with van der Waals surface area (Å²) in [5, 5.41) is 0. The Morgan fingerprint density at radius 3 is 2.85 bits per heavy atom. The number of methoxy groups -OCH3 is 1. The third-order valence-corrected chi connectivity index (χ3v) is 3.28. The zero-order chi connectivity index (χ0) is 14.4. The van der Waals surface area contributed by atoms with Crippen LogP contribution in [-0.4, -0.2) is 43.3 Å². The Kier molecular flexibility index (Phi) is 5.12. The van der Waals surface area contributed by atoms with Crippen LogP contribution in [0.15, 0.2) is 30.3 Å². The van der Waals surface area contributed by atoms with E-state index in [2.05, 4.69) is 0 Å². The van der Waals surface area contributed by atoms with Crippen LogP contribution in [0.25, 0.3) is 0 Å². The summed E-state index contributed by atoms with van der Waals surface area (Å²) in [7, 11) is 1.59. The maximum atomic E-state index is 12.1. The summed E-state index contributed by atoms with van der Waals surface area (Å²) in [5.41, 5.74) is 1.09. The molecule has 0 spiro atoms. The van der Waals surface area contributed by atoms with Crippen LogP contribution in [0.5, 0.6) is 0 Å². The van der Waals surface area contributed by atoms with E-state index < -0.39 is 6.09 Å². The topological polar surface area (TPSA) is 55.8 Å². The fourth-order valence-electron chi connectivity index (χ4n) is 2.29. The molecule has 1 aromatic rings. The predicted octanol–water partition coefficient (Wildman–Crippen LogP) is 2.00. The van der Waals surface area contributed by atoms with Crippen molar-refractivity contribution in [1.29, 1.82) is 0 Å². The number of hydrogen-bond acceptors (Lipinski definition) is 4. The highest BCUT2D eigenvalue weighted by Gasteiger charge is 2.37. The second-order valence-corrected chi connectivity index (χ2v) is 4.78. The SMILES string of the molecule is COCCCC(=O)N1C(=O)OCC1Cc1ccccc1. The van der Waals surface area contributed by atoms with E-state index in [1.807, 2.05) is 30.3 Å². The molecule has 5 nitrogen and oxygen atoms in total. The molecule has 1 saturated heterocycles. The third-order valence-electron chi connectivity index (χ3n) is 3.28. The van der Waals surface area contributed by atoms with Gasteiger partial charge in [0.1, 0.15) is 6.61 Å². The molecule has 1 heterocycles. The fourth-order valence-corrected chi connectivity index (χ4v) is 2.29. The Morgan fingerprint density at radius 2 is 2.15 bits per heavy atom. The van der Waals surface area contributed by atoms with Crippen LogP contribution in [0.2, 0.25) is 0 Å². The summed E-state index contributed by atoms with van der Waals surface area (Å²) in [6, 6.07) is 9.58. The van der Waals surface area contributed by atoms with Crippen LogP contribution in [0.1, 0.15) is 18.4 Å². The zero-order valence-electron chi connectivity index (χ0n) is 11.6. The Labute approximate surface area is 118 Å². The maximum Gasteiger partial charge on any atom is 0.416 e. The number of ether oxygens (including phenoxy) is 2. The van der Waals surface area contributed by atoms with Crippen molar-refractivity contribution in [2.45, 2.75) is 25.3 Å². The number of benzene rings is 1. The molecule has 0 radical (unpaired) electrons. The van der Waals surface area contributed by atoms with Crippen molar-refractivity contribution in [3.05, 3.63) is 35.9 Å². The Hall–Kier alpha value is -1.88. The molecule has 0 aliphatic carbocycles. The van der Waals surface area contributed by atoms with E-state index in [0.717, 1.165) is 5.56 Å². The first-order valence-corrected chi connectivity index (χ1v) is 6.74. The highest BCUT2D eigenvalue weighted by Crippen LogP contribution is 2.18. The third kappa shape index (κ3) is 3.57. The molecule has 0 N–H and O–H groups in total. The Bertz CT molecular complexity index is 460. The van der Waals surface area contributed by atoms with Gasteiger partial charge in [0.25, 0.3) is 0 Å². The van der Waals surface area contributed by atoms with Crippen LogP contribution >= 0.6 is 0 Å². The molecule has 20 heavy (non-hydrogen) atoms. The summed E-state index contributed by atoms with van der Waals surface area (Å²) in [6.07, 6.45) is 1.00. The molecular formula is C15H19NO4. The van der Waals surface area contributed by atoms with Gasteiger partial charge in [0.15, 0.2) is 0 Å². The highest BCUT2D eigenvalue weighted by atomic mass is 16.6. The molecule has 2 rings (SSSR count). The normalized spacial score (nSPS) is 18.1. The van der Waals surface area contributed by atoms with Crippen molar-refractivity contribution in [2.75, 3.05) is 20.3 Å². The van der Waals surface area contributed by atoms with Gasteiger partial charge in [0, 0.05) is 20.1 Å². The minimum absolute atomic E-state index is 0.189. The monoisotopic (exact) mass is 277 g/mol. The number of carbonyl (C=O) groups excluding carboxylic acids is 2. The molecule has 108 valence electrons. The Morgan fingerprint density at radius 1 is 1.40 bits per heavy atom. The Balaban J connectivity index is 1.97. The first kappa shape index (κ1) is 14.5. The standard InChI is InChI=1S/C15H19NO4/c1-19-9-5-8-14(17)16-13(11-20-15(16)18)10-12-6-3-2-4-7-12/h2-4,6-7,13H,5,8-11H2,1H3. The second-order valence-electron chi connectivity index (χ2n) is 4.78. The quantitative estimate of drug-likeness (QED) is 0.746. The molecule has 2 amide bonds. The molecular weight excluding hydrogens is 258 g/mol. The minimum Gasteiger partial charge on any atom is -0.447 e. The predicted molar refractivity (Wildman–Crippen MR) is 73.2 cm³/mol. The van der Waals surface area contributed by atoms with Gasteiger partial charge in [-0.05, 0) is 18.4 Å². The lowest BCUT2D eigenvalue weighted by Gasteiger charge is -2.19. The molecule has 0 aromatic heterocycles. The number of hydrogen-bond donors (Lipinski definition) is 0.